The Morgan fingerprint density at radius 2 is 1.60 bits per heavy atom. The Bertz CT molecular complexity index is 1600. The van der Waals surface area contributed by atoms with Crippen LogP contribution in [0.25, 0.3) is 10.2 Å². The summed E-state index contributed by atoms with van der Waals surface area (Å²) in [5.74, 6) is -1.00. The Hall–Kier alpha value is -3.55. The van der Waals surface area contributed by atoms with Crippen molar-refractivity contribution < 1.29 is 32.3 Å². The number of hydrogen-bond acceptors (Lipinski definition) is 8. The highest BCUT2D eigenvalue weighted by Crippen LogP contribution is 2.24. The number of carbonyl (C=O) groups is 3. The number of piperazine rings is 1. The van der Waals surface area contributed by atoms with Gasteiger partial charge in [0.25, 0.3) is 5.91 Å². The fourth-order valence-electron chi connectivity index (χ4n) is 4.56. The first-order valence-corrected chi connectivity index (χ1v) is 15.2. The molecule has 214 valence electrons. The summed E-state index contributed by atoms with van der Waals surface area (Å²) in [5.41, 5.74) is 3.01. The molecule has 1 aromatic heterocycles. The second kappa shape index (κ2) is 12.3. The molecule has 2 amide bonds. The van der Waals surface area contributed by atoms with Crippen LogP contribution in [0.3, 0.4) is 0 Å². The molecule has 0 aliphatic carbocycles. The van der Waals surface area contributed by atoms with Gasteiger partial charge in [0.15, 0.2) is 4.80 Å². The number of ether oxygens (including phenoxy) is 2. The van der Waals surface area contributed by atoms with E-state index < -0.39 is 28.0 Å². The largest absolute Gasteiger partial charge is 0.465 e. The second-order valence-electron chi connectivity index (χ2n) is 9.24. The van der Waals surface area contributed by atoms with Gasteiger partial charge in [-0.15, -0.1) is 0 Å². The molecule has 3 aromatic rings. The van der Waals surface area contributed by atoms with Crippen molar-refractivity contribution in [3.8, 4) is 0 Å². The maximum absolute atomic E-state index is 13.2. The number of nitrogens with zero attached hydrogens (tertiary/aromatic N) is 4. The third-order valence-electron chi connectivity index (χ3n) is 6.41. The fourth-order valence-corrected chi connectivity index (χ4v) is 7.18. The first kappa shape index (κ1) is 29.4. The van der Waals surface area contributed by atoms with Crippen LogP contribution in [0.1, 0.15) is 35.3 Å². The topological polar surface area (TPSA) is 128 Å². The third-order valence-corrected chi connectivity index (χ3v) is 9.34. The summed E-state index contributed by atoms with van der Waals surface area (Å²) in [7, 11) is -3.82. The van der Waals surface area contributed by atoms with Gasteiger partial charge in [0.05, 0.1) is 28.3 Å². The van der Waals surface area contributed by atoms with Gasteiger partial charge in [-0.1, -0.05) is 17.4 Å². The van der Waals surface area contributed by atoms with E-state index in [0.717, 1.165) is 21.3 Å². The van der Waals surface area contributed by atoms with E-state index in [4.69, 9.17) is 9.47 Å². The van der Waals surface area contributed by atoms with E-state index in [9.17, 15) is 22.8 Å². The average Bonchev–Trinajstić information content (AvgIpc) is 3.25. The van der Waals surface area contributed by atoms with Crippen molar-refractivity contribution in [3.05, 3.63) is 57.9 Å². The number of carbonyl (C=O) groups excluding carboxylic acids is 3. The van der Waals surface area contributed by atoms with Crippen LogP contribution in [0.15, 0.2) is 46.3 Å². The maximum atomic E-state index is 13.2. The lowest BCUT2D eigenvalue weighted by atomic mass is 10.1. The van der Waals surface area contributed by atoms with Gasteiger partial charge < -0.3 is 18.9 Å². The number of thiazole rings is 1. The molecule has 0 bridgehead atoms. The molecule has 0 radical (unpaired) electrons. The van der Waals surface area contributed by atoms with Crippen LogP contribution >= 0.6 is 11.3 Å². The number of hydrogen-bond donors (Lipinski definition) is 0. The number of aryl methyl sites for hydroxylation is 2. The van der Waals surface area contributed by atoms with Crippen molar-refractivity contribution in [2.45, 2.75) is 39.1 Å². The summed E-state index contributed by atoms with van der Waals surface area (Å²) >= 11 is 1.29. The van der Waals surface area contributed by atoms with E-state index >= 15 is 0 Å². The summed E-state index contributed by atoms with van der Waals surface area (Å²) < 4.78 is 40.3. The molecule has 0 atom stereocenters. The Morgan fingerprint density at radius 3 is 2.23 bits per heavy atom. The van der Waals surface area contributed by atoms with Gasteiger partial charge in [0, 0.05) is 31.7 Å². The van der Waals surface area contributed by atoms with E-state index in [1.807, 2.05) is 26.0 Å². The van der Waals surface area contributed by atoms with Gasteiger partial charge >= 0.3 is 12.1 Å². The number of fused-ring (bicyclic) bond motifs is 1. The van der Waals surface area contributed by atoms with Gasteiger partial charge in [0.1, 0.15) is 6.54 Å². The SMILES string of the molecule is CCOC(=O)Cn1c(=NC(=O)c2ccc(S(=O)(=O)N3CCN(C(=O)OCC)CC3)cc2)sc2cc(C)cc(C)c21. The number of rotatable bonds is 7. The molecule has 1 fully saturated rings. The summed E-state index contributed by atoms with van der Waals surface area (Å²) in [5, 5.41) is 0. The van der Waals surface area contributed by atoms with Crippen LogP contribution in [-0.4, -0.2) is 79.6 Å². The lowest BCUT2D eigenvalue weighted by Gasteiger charge is -2.33. The number of amides is 2. The molecule has 1 aliphatic heterocycles. The Kier molecular flexibility index (Phi) is 9.06. The molecular weight excluding hydrogens is 556 g/mol. The maximum Gasteiger partial charge on any atom is 0.409 e. The normalized spacial score (nSPS) is 14.9. The lowest BCUT2D eigenvalue weighted by molar-refractivity contribution is -0.143. The van der Waals surface area contributed by atoms with Gasteiger partial charge in [-0.05, 0) is 69.2 Å². The molecule has 0 saturated carbocycles. The van der Waals surface area contributed by atoms with Crippen molar-refractivity contribution in [2.24, 2.45) is 4.99 Å². The van der Waals surface area contributed by atoms with Crippen molar-refractivity contribution in [3.63, 3.8) is 0 Å². The zero-order valence-electron chi connectivity index (χ0n) is 22.9. The van der Waals surface area contributed by atoms with Crippen LogP contribution < -0.4 is 4.80 Å². The predicted molar refractivity (Wildman–Crippen MR) is 150 cm³/mol. The smallest absolute Gasteiger partial charge is 0.409 e. The molecule has 1 aliphatic rings. The van der Waals surface area contributed by atoms with Crippen LogP contribution in [0.5, 0.6) is 0 Å². The van der Waals surface area contributed by atoms with E-state index in [0.29, 0.717) is 4.80 Å². The van der Waals surface area contributed by atoms with Crippen LogP contribution in [0, 0.1) is 13.8 Å². The highest BCUT2D eigenvalue weighted by molar-refractivity contribution is 7.89. The summed E-state index contributed by atoms with van der Waals surface area (Å²) in [6, 6.07) is 9.57. The molecule has 4 rings (SSSR count). The van der Waals surface area contributed by atoms with E-state index in [1.54, 1.807) is 18.4 Å². The third kappa shape index (κ3) is 6.26. The Morgan fingerprint density at radius 1 is 0.950 bits per heavy atom. The number of sulfonamides is 1. The van der Waals surface area contributed by atoms with Crippen molar-refractivity contribution in [2.75, 3.05) is 39.4 Å². The molecule has 2 aromatic carbocycles. The summed E-state index contributed by atoms with van der Waals surface area (Å²) in [6.07, 6.45) is -0.460. The highest BCUT2D eigenvalue weighted by atomic mass is 32.2. The zero-order chi connectivity index (χ0) is 29.0. The average molecular weight is 589 g/mol. The Labute approximate surface area is 236 Å². The van der Waals surface area contributed by atoms with Crippen molar-refractivity contribution in [1.29, 1.82) is 0 Å². The molecule has 13 heteroatoms. The summed E-state index contributed by atoms with van der Waals surface area (Å²) in [4.78, 5) is 43.5. The zero-order valence-corrected chi connectivity index (χ0v) is 24.5. The fraction of sp³-hybridized carbons (Fsp3) is 0.407. The molecule has 11 nitrogen and oxygen atoms in total. The number of esters is 1. The van der Waals surface area contributed by atoms with Gasteiger partial charge in [-0.2, -0.15) is 9.30 Å². The molecule has 0 N–H and O–H groups in total. The standard InChI is InChI=1S/C27H32N4O7S2/c1-5-37-23(32)17-31-24-19(4)15-18(3)16-22(24)39-26(31)28-25(33)20-7-9-21(10-8-20)40(35,36)30-13-11-29(12-14-30)27(34)38-6-2/h7-10,15-16H,5-6,11-14,17H2,1-4H3. The first-order chi connectivity index (χ1) is 19.0. The predicted octanol–water partition coefficient (Wildman–Crippen LogP) is 3.09. The summed E-state index contributed by atoms with van der Waals surface area (Å²) in [6.45, 7) is 8.49. The second-order valence-corrected chi connectivity index (χ2v) is 12.2. The minimum atomic E-state index is -3.82. The number of aromatic nitrogens is 1. The quantitative estimate of drug-likeness (QED) is 0.388. The Balaban J connectivity index is 1.58. The van der Waals surface area contributed by atoms with Crippen molar-refractivity contribution in [1.82, 2.24) is 13.8 Å². The number of benzene rings is 2. The molecular formula is C27H32N4O7S2. The van der Waals surface area contributed by atoms with E-state index in [-0.39, 0.29) is 56.4 Å². The monoisotopic (exact) mass is 588 g/mol. The lowest BCUT2D eigenvalue weighted by Crippen LogP contribution is -2.50. The first-order valence-electron chi connectivity index (χ1n) is 12.9. The molecule has 40 heavy (non-hydrogen) atoms. The van der Waals surface area contributed by atoms with Crippen LogP contribution in [-0.2, 0) is 30.8 Å². The molecule has 2 heterocycles. The van der Waals surface area contributed by atoms with Gasteiger partial charge in [0.2, 0.25) is 10.0 Å². The molecule has 0 unspecified atom stereocenters. The van der Waals surface area contributed by atoms with E-state index in [1.165, 1.54) is 44.8 Å². The molecule has 0 spiro atoms. The highest BCUT2D eigenvalue weighted by Gasteiger charge is 2.30. The van der Waals surface area contributed by atoms with E-state index in [2.05, 4.69) is 4.99 Å². The van der Waals surface area contributed by atoms with Crippen LogP contribution in [0.2, 0.25) is 0 Å². The van der Waals surface area contributed by atoms with Crippen molar-refractivity contribution >= 4 is 49.5 Å². The minimum Gasteiger partial charge on any atom is -0.465 e. The molecule has 1 saturated heterocycles. The van der Waals surface area contributed by atoms with Gasteiger partial charge in [-0.25, -0.2) is 13.2 Å². The van der Waals surface area contributed by atoms with Gasteiger partial charge in [-0.3, -0.25) is 9.59 Å². The van der Waals surface area contributed by atoms with Crippen LogP contribution in [0.4, 0.5) is 4.79 Å². The minimum absolute atomic E-state index is 0.0407.